The van der Waals surface area contributed by atoms with Crippen LogP contribution in [-0.4, -0.2) is 33.3 Å². The van der Waals surface area contributed by atoms with Gasteiger partial charge in [-0.3, -0.25) is 4.79 Å². The minimum Gasteiger partial charge on any atom is -0.347 e. The van der Waals surface area contributed by atoms with E-state index in [9.17, 15) is 4.79 Å². The number of amides is 1. The van der Waals surface area contributed by atoms with Crippen LogP contribution in [0.15, 0.2) is 6.33 Å². The summed E-state index contributed by atoms with van der Waals surface area (Å²) in [4.78, 5) is 12.0. The van der Waals surface area contributed by atoms with Gasteiger partial charge >= 0.3 is 0 Å². The Labute approximate surface area is 107 Å². The molecule has 100 valence electrons. The number of hydrogen-bond donors (Lipinski definition) is 2. The molecule has 6 nitrogen and oxygen atoms in total. The third-order valence-corrected chi connectivity index (χ3v) is 3.63. The van der Waals surface area contributed by atoms with Crippen LogP contribution in [0.4, 0.5) is 0 Å². The second kappa shape index (κ2) is 5.95. The smallest absolute Gasteiger partial charge is 0.237 e. The summed E-state index contributed by atoms with van der Waals surface area (Å²) in [5, 5.41) is 13.9. The molecule has 1 aromatic heterocycles. The van der Waals surface area contributed by atoms with Gasteiger partial charge in [0, 0.05) is 7.05 Å². The van der Waals surface area contributed by atoms with E-state index in [-0.39, 0.29) is 11.9 Å². The monoisotopic (exact) mass is 251 g/mol. The maximum atomic E-state index is 12.0. The van der Waals surface area contributed by atoms with Gasteiger partial charge in [0.25, 0.3) is 0 Å². The molecule has 0 aliphatic carbocycles. The standard InChI is InChI=1S/C12H21N5O/c1-3-9-4-5-13-10(6-9)12(18)14-7-11-16-15-8-17(11)2/h8-10,13H,3-7H2,1-2H3,(H,14,18). The highest BCUT2D eigenvalue weighted by Crippen LogP contribution is 2.19. The average molecular weight is 251 g/mol. The molecule has 2 atom stereocenters. The second-order valence-electron chi connectivity index (χ2n) is 4.88. The zero-order valence-corrected chi connectivity index (χ0v) is 11.0. The van der Waals surface area contributed by atoms with Crippen LogP contribution < -0.4 is 10.6 Å². The molecule has 0 radical (unpaired) electrons. The van der Waals surface area contributed by atoms with Crippen LogP contribution >= 0.6 is 0 Å². The summed E-state index contributed by atoms with van der Waals surface area (Å²) in [7, 11) is 1.87. The third-order valence-electron chi connectivity index (χ3n) is 3.63. The Bertz CT molecular complexity index is 403. The van der Waals surface area contributed by atoms with Crippen molar-refractivity contribution in [3.05, 3.63) is 12.2 Å². The summed E-state index contributed by atoms with van der Waals surface area (Å²) >= 11 is 0. The van der Waals surface area contributed by atoms with E-state index in [4.69, 9.17) is 0 Å². The van der Waals surface area contributed by atoms with Crippen LogP contribution in [-0.2, 0) is 18.4 Å². The number of hydrogen-bond acceptors (Lipinski definition) is 4. The van der Waals surface area contributed by atoms with E-state index in [0.717, 1.165) is 25.2 Å². The van der Waals surface area contributed by atoms with Crippen molar-refractivity contribution in [2.75, 3.05) is 6.54 Å². The number of rotatable bonds is 4. The number of aryl methyl sites for hydroxylation is 1. The van der Waals surface area contributed by atoms with Crippen molar-refractivity contribution >= 4 is 5.91 Å². The SMILES string of the molecule is CCC1CCNC(C(=O)NCc2nncn2C)C1. The first-order valence-corrected chi connectivity index (χ1v) is 6.54. The van der Waals surface area contributed by atoms with Crippen LogP contribution in [0.5, 0.6) is 0 Å². The molecule has 18 heavy (non-hydrogen) atoms. The Morgan fingerprint density at radius 2 is 2.50 bits per heavy atom. The lowest BCUT2D eigenvalue weighted by atomic mass is 9.90. The maximum Gasteiger partial charge on any atom is 0.237 e. The molecule has 0 bridgehead atoms. The van der Waals surface area contributed by atoms with Gasteiger partial charge in [-0.15, -0.1) is 10.2 Å². The first-order chi connectivity index (χ1) is 8.70. The van der Waals surface area contributed by atoms with Crippen LogP contribution in [0.3, 0.4) is 0 Å². The highest BCUT2D eigenvalue weighted by molar-refractivity contribution is 5.81. The number of nitrogens with one attached hydrogen (secondary N) is 2. The lowest BCUT2D eigenvalue weighted by Crippen LogP contribution is -2.48. The average Bonchev–Trinajstić information content (AvgIpc) is 2.81. The van der Waals surface area contributed by atoms with E-state index >= 15 is 0 Å². The summed E-state index contributed by atoms with van der Waals surface area (Å²) < 4.78 is 1.81. The lowest BCUT2D eigenvalue weighted by Gasteiger charge is -2.28. The molecule has 0 aromatic carbocycles. The summed E-state index contributed by atoms with van der Waals surface area (Å²) in [6.07, 6.45) is 4.88. The van der Waals surface area contributed by atoms with Crippen molar-refractivity contribution in [1.29, 1.82) is 0 Å². The highest BCUT2D eigenvalue weighted by Gasteiger charge is 2.25. The second-order valence-corrected chi connectivity index (χ2v) is 4.88. The van der Waals surface area contributed by atoms with Gasteiger partial charge in [-0.05, 0) is 25.3 Å². The van der Waals surface area contributed by atoms with Gasteiger partial charge in [0.05, 0.1) is 12.6 Å². The van der Waals surface area contributed by atoms with Crippen molar-refractivity contribution in [3.63, 3.8) is 0 Å². The van der Waals surface area contributed by atoms with Gasteiger partial charge < -0.3 is 15.2 Å². The Morgan fingerprint density at radius 3 is 3.17 bits per heavy atom. The molecule has 1 aromatic rings. The fourth-order valence-corrected chi connectivity index (χ4v) is 2.32. The Morgan fingerprint density at radius 1 is 1.67 bits per heavy atom. The number of piperidine rings is 1. The molecule has 6 heteroatoms. The van der Waals surface area contributed by atoms with Crippen molar-refractivity contribution in [1.82, 2.24) is 25.4 Å². The van der Waals surface area contributed by atoms with Gasteiger partial charge in [-0.25, -0.2) is 0 Å². The number of carbonyl (C=O) groups excluding carboxylic acids is 1. The Hall–Kier alpha value is -1.43. The van der Waals surface area contributed by atoms with Crippen molar-refractivity contribution in [2.45, 2.75) is 38.8 Å². The minimum atomic E-state index is -0.0584. The molecule has 0 saturated carbocycles. The first-order valence-electron chi connectivity index (χ1n) is 6.54. The molecule has 2 unspecified atom stereocenters. The predicted octanol–water partition coefficient (Wildman–Crippen LogP) is 0.210. The zero-order valence-electron chi connectivity index (χ0n) is 11.0. The van der Waals surface area contributed by atoms with E-state index in [1.807, 2.05) is 11.6 Å². The zero-order chi connectivity index (χ0) is 13.0. The van der Waals surface area contributed by atoms with Gasteiger partial charge in [0.15, 0.2) is 5.82 Å². The number of aromatic nitrogens is 3. The van der Waals surface area contributed by atoms with Crippen molar-refractivity contribution in [3.8, 4) is 0 Å². The van der Waals surface area contributed by atoms with Gasteiger partial charge in [0.2, 0.25) is 5.91 Å². The van der Waals surface area contributed by atoms with Crippen molar-refractivity contribution < 1.29 is 4.79 Å². The molecule has 1 aliphatic heterocycles. The van der Waals surface area contributed by atoms with Crippen LogP contribution in [0.1, 0.15) is 32.0 Å². The van der Waals surface area contributed by atoms with E-state index in [0.29, 0.717) is 12.5 Å². The maximum absolute atomic E-state index is 12.0. The summed E-state index contributed by atoms with van der Waals surface area (Å²) in [6, 6.07) is -0.0584. The highest BCUT2D eigenvalue weighted by atomic mass is 16.2. The third kappa shape index (κ3) is 3.07. The summed E-state index contributed by atoms with van der Waals surface area (Å²) in [5.74, 6) is 1.50. The fraction of sp³-hybridized carbons (Fsp3) is 0.750. The molecule has 2 heterocycles. The molecule has 1 fully saturated rings. The Kier molecular flexibility index (Phi) is 4.30. The quantitative estimate of drug-likeness (QED) is 0.802. The summed E-state index contributed by atoms with van der Waals surface area (Å²) in [6.45, 7) is 3.55. The van der Waals surface area contributed by atoms with E-state index in [1.54, 1.807) is 6.33 Å². The normalized spacial score (nSPS) is 23.9. The Balaban J connectivity index is 1.82. The molecule has 1 saturated heterocycles. The lowest BCUT2D eigenvalue weighted by molar-refractivity contribution is -0.124. The van der Waals surface area contributed by atoms with Crippen LogP contribution in [0.2, 0.25) is 0 Å². The van der Waals surface area contributed by atoms with Crippen LogP contribution in [0.25, 0.3) is 0 Å². The molecule has 2 rings (SSSR count). The molecular formula is C12H21N5O. The largest absolute Gasteiger partial charge is 0.347 e. The fourth-order valence-electron chi connectivity index (χ4n) is 2.32. The molecule has 2 N–H and O–H groups in total. The molecular weight excluding hydrogens is 230 g/mol. The molecule has 0 spiro atoms. The first kappa shape index (κ1) is 13.0. The topological polar surface area (TPSA) is 71.8 Å². The molecule has 1 aliphatic rings. The summed E-state index contributed by atoms with van der Waals surface area (Å²) in [5.41, 5.74) is 0. The van der Waals surface area contributed by atoms with Crippen molar-refractivity contribution in [2.24, 2.45) is 13.0 Å². The van der Waals surface area contributed by atoms with E-state index in [2.05, 4.69) is 27.8 Å². The molecule has 1 amide bonds. The van der Waals surface area contributed by atoms with Crippen LogP contribution in [0, 0.1) is 5.92 Å². The number of nitrogens with zero attached hydrogens (tertiary/aromatic N) is 3. The van der Waals surface area contributed by atoms with Gasteiger partial charge in [-0.2, -0.15) is 0 Å². The number of carbonyl (C=O) groups is 1. The van der Waals surface area contributed by atoms with Gasteiger partial charge in [-0.1, -0.05) is 13.3 Å². The van der Waals surface area contributed by atoms with Gasteiger partial charge in [0.1, 0.15) is 6.33 Å². The predicted molar refractivity (Wildman–Crippen MR) is 67.7 cm³/mol. The minimum absolute atomic E-state index is 0.0584. The van der Waals surface area contributed by atoms with E-state index in [1.165, 1.54) is 6.42 Å². The van der Waals surface area contributed by atoms with E-state index < -0.39 is 0 Å².